The van der Waals surface area contributed by atoms with Crippen molar-refractivity contribution in [1.82, 2.24) is 5.32 Å². The average molecular weight is 324 g/mol. The van der Waals surface area contributed by atoms with E-state index < -0.39 is 28.6 Å². The Hall–Kier alpha value is -2.02. The van der Waals surface area contributed by atoms with Gasteiger partial charge in [-0.05, 0) is 37.8 Å². The first kappa shape index (κ1) is 15.9. The van der Waals surface area contributed by atoms with Gasteiger partial charge in [0.2, 0.25) is 0 Å². The van der Waals surface area contributed by atoms with Crippen molar-refractivity contribution >= 4 is 11.7 Å². The zero-order chi connectivity index (χ0) is 16.7. The second kappa shape index (κ2) is 5.56. The number of hydrogen-bond acceptors (Lipinski definition) is 4. The summed E-state index contributed by atoms with van der Waals surface area (Å²) < 4.78 is 31.1. The second-order valence-electron chi connectivity index (χ2n) is 6.45. The van der Waals surface area contributed by atoms with E-state index in [4.69, 9.17) is 10.5 Å². The summed E-state index contributed by atoms with van der Waals surface area (Å²) >= 11 is 0. The number of carbonyl (C=O) groups is 2. The first-order chi connectivity index (χ1) is 10.8. The van der Waals surface area contributed by atoms with Crippen LogP contribution in [0.5, 0.6) is 5.75 Å². The molecule has 0 unspecified atom stereocenters. The van der Waals surface area contributed by atoms with E-state index in [1.165, 1.54) is 6.07 Å². The minimum absolute atomic E-state index is 0.0168. The Morgan fingerprint density at radius 2 is 1.91 bits per heavy atom. The number of hydrogen-bond donors (Lipinski definition) is 2. The van der Waals surface area contributed by atoms with E-state index in [0.717, 1.165) is 12.1 Å². The van der Waals surface area contributed by atoms with Gasteiger partial charge in [0.25, 0.3) is 5.91 Å². The molecule has 1 amide bonds. The molecule has 1 aromatic rings. The van der Waals surface area contributed by atoms with Crippen LogP contribution in [0.15, 0.2) is 18.2 Å². The Kier molecular flexibility index (Phi) is 3.83. The molecule has 0 atom stereocenters. The van der Waals surface area contributed by atoms with Crippen LogP contribution in [-0.2, 0) is 9.59 Å². The summed E-state index contributed by atoms with van der Waals surface area (Å²) in [6.45, 7) is -0.325. The van der Waals surface area contributed by atoms with E-state index in [-0.39, 0.29) is 24.6 Å². The zero-order valence-electron chi connectivity index (χ0n) is 12.5. The molecule has 4 rings (SSSR count). The summed E-state index contributed by atoms with van der Waals surface area (Å²) in [4.78, 5) is 24.1. The highest BCUT2D eigenvalue weighted by Crippen LogP contribution is 2.43. The zero-order valence-corrected chi connectivity index (χ0v) is 12.5. The first-order valence-electron chi connectivity index (χ1n) is 7.53. The third kappa shape index (κ3) is 3.06. The Bertz CT molecular complexity index is 655. The number of benzene rings is 1. The standard InChI is InChI=1S/C16H18F2N2O3/c17-11-2-1-10(7-12(11)18)23-9-14(22)20-15-3-5-16(19,6-4-15)13(21)8-15/h1-2,7H,3-6,8-9,19H2,(H,20,22). The predicted octanol–water partition coefficient (Wildman–Crippen LogP) is 1.44. The molecule has 0 saturated heterocycles. The highest BCUT2D eigenvalue weighted by molar-refractivity contribution is 5.92. The highest BCUT2D eigenvalue weighted by atomic mass is 19.2. The molecule has 0 aliphatic heterocycles. The minimum Gasteiger partial charge on any atom is -0.484 e. The van der Waals surface area contributed by atoms with Crippen molar-refractivity contribution in [2.75, 3.05) is 6.61 Å². The molecule has 3 N–H and O–H groups in total. The number of halogens is 2. The monoisotopic (exact) mass is 324 g/mol. The lowest BCUT2D eigenvalue weighted by atomic mass is 9.61. The molecular weight excluding hydrogens is 306 g/mol. The molecule has 7 heteroatoms. The van der Waals surface area contributed by atoms with Gasteiger partial charge in [-0.1, -0.05) is 0 Å². The summed E-state index contributed by atoms with van der Waals surface area (Å²) in [6.07, 6.45) is 2.69. The molecule has 124 valence electrons. The number of nitrogens with one attached hydrogen (secondary N) is 1. The van der Waals surface area contributed by atoms with Gasteiger partial charge in [-0.25, -0.2) is 8.78 Å². The number of rotatable bonds is 4. The van der Waals surface area contributed by atoms with Gasteiger partial charge in [-0.2, -0.15) is 0 Å². The number of carbonyl (C=O) groups excluding carboxylic acids is 2. The Morgan fingerprint density at radius 1 is 1.22 bits per heavy atom. The van der Waals surface area contributed by atoms with Crippen molar-refractivity contribution < 1.29 is 23.1 Å². The van der Waals surface area contributed by atoms with Crippen molar-refractivity contribution in [3.63, 3.8) is 0 Å². The van der Waals surface area contributed by atoms with E-state index in [0.29, 0.717) is 25.7 Å². The smallest absolute Gasteiger partial charge is 0.258 e. The molecule has 0 radical (unpaired) electrons. The van der Waals surface area contributed by atoms with Gasteiger partial charge < -0.3 is 15.8 Å². The van der Waals surface area contributed by atoms with Crippen molar-refractivity contribution in [3.8, 4) is 5.75 Å². The van der Waals surface area contributed by atoms with Crippen molar-refractivity contribution in [1.29, 1.82) is 0 Å². The SMILES string of the molecule is NC12CCC(NC(=O)COc3ccc(F)c(F)c3)(CC1)CC2=O. The number of ketones is 1. The lowest BCUT2D eigenvalue weighted by molar-refractivity contribution is -0.136. The third-order valence-corrected chi connectivity index (χ3v) is 4.82. The first-order valence-corrected chi connectivity index (χ1v) is 7.53. The topological polar surface area (TPSA) is 81.4 Å². The number of ether oxygens (including phenoxy) is 1. The molecule has 0 aromatic heterocycles. The van der Waals surface area contributed by atoms with Crippen LogP contribution in [-0.4, -0.2) is 29.4 Å². The fraction of sp³-hybridized carbons (Fsp3) is 0.500. The van der Waals surface area contributed by atoms with Gasteiger partial charge in [0, 0.05) is 18.0 Å². The predicted molar refractivity (Wildman–Crippen MR) is 77.7 cm³/mol. The van der Waals surface area contributed by atoms with E-state index in [1.807, 2.05) is 0 Å². The fourth-order valence-corrected chi connectivity index (χ4v) is 3.33. The normalized spacial score (nSPS) is 29.4. The minimum atomic E-state index is -1.04. The highest BCUT2D eigenvalue weighted by Gasteiger charge is 2.52. The maximum Gasteiger partial charge on any atom is 0.258 e. The molecule has 1 aromatic carbocycles. The molecule has 3 aliphatic carbocycles. The number of Topliss-reactive ketones (excluding diaryl/α,β-unsaturated/α-hetero) is 1. The lowest BCUT2D eigenvalue weighted by Gasteiger charge is -2.50. The summed E-state index contributed by atoms with van der Waals surface area (Å²) in [6, 6.07) is 3.06. The molecule has 0 spiro atoms. The van der Waals surface area contributed by atoms with E-state index >= 15 is 0 Å². The van der Waals surface area contributed by atoms with Crippen LogP contribution in [0.25, 0.3) is 0 Å². The fourth-order valence-electron chi connectivity index (χ4n) is 3.33. The van der Waals surface area contributed by atoms with Crippen LogP contribution >= 0.6 is 0 Å². The average Bonchev–Trinajstić information content (AvgIpc) is 2.51. The molecule has 5 nitrogen and oxygen atoms in total. The van der Waals surface area contributed by atoms with Crippen molar-refractivity contribution in [2.45, 2.75) is 43.2 Å². The van der Waals surface area contributed by atoms with Crippen LogP contribution in [0.3, 0.4) is 0 Å². The molecular formula is C16H18F2N2O3. The van der Waals surface area contributed by atoms with Gasteiger partial charge in [0.05, 0.1) is 5.54 Å². The van der Waals surface area contributed by atoms with Crippen LogP contribution in [0.2, 0.25) is 0 Å². The van der Waals surface area contributed by atoms with Crippen LogP contribution < -0.4 is 15.8 Å². The number of amides is 1. The largest absolute Gasteiger partial charge is 0.484 e. The molecule has 23 heavy (non-hydrogen) atoms. The van der Waals surface area contributed by atoms with Gasteiger partial charge in [0.15, 0.2) is 24.0 Å². The molecule has 0 heterocycles. The Labute approximate surface area is 132 Å². The Balaban J connectivity index is 1.57. The molecule has 2 bridgehead atoms. The summed E-state index contributed by atoms with van der Waals surface area (Å²) in [7, 11) is 0. The molecule has 3 aliphatic rings. The van der Waals surface area contributed by atoms with Crippen molar-refractivity contribution in [3.05, 3.63) is 29.8 Å². The molecule has 3 fully saturated rings. The Morgan fingerprint density at radius 3 is 2.52 bits per heavy atom. The van der Waals surface area contributed by atoms with Gasteiger partial charge >= 0.3 is 0 Å². The van der Waals surface area contributed by atoms with Crippen LogP contribution in [0, 0.1) is 11.6 Å². The van der Waals surface area contributed by atoms with Gasteiger partial charge in [-0.15, -0.1) is 0 Å². The summed E-state index contributed by atoms with van der Waals surface area (Å²) in [5.74, 6) is -2.36. The van der Waals surface area contributed by atoms with Gasteiger partial charge in [-0.3, -0.25) is 9.59 Å². The quantitative estimate of drug-likeness (QED) is 0.878. The van der Waals surface area contributed by atoms with E-state index in [9.17, 15) is 18.4 Å². The van der Waals surface area contributed by atoms with E-state index in [2.05, 4.69) is 5.32 Å². The molecule has 3 saturated carbocycles. The third-order valence-electron chi connectivity index (χ3n) is 4.82. The van der Waals surface area contributed by atoms with Crippen molar-refractivity contribution in [2.24, 2.45) is 5.73 Å². The number of fused-ring (bicyclic) bond motifs is 3. The van der Waals surface area contributed by atoms with Crippen LogP contribution in [0.4, 0.5) is 8.78 Å². The number of nitrogens with two attached hydrogens (primary N) is 1. The van der Waals surface area contributed by atoms with Gasteiger partial charge in [0.1, 0.15) is 5.75 Å². The lowest BCUT2D eigenvalue weighted by Crippen LogP contribution is -2.66. The van der Waals surface area contributed by atoms with Crippen LogP contribution in [0.1, 0.15) is 32.1 Å². The van der Waals surface area contributed by atoms with E-state index in [1.54, 1.807) is 0 Å². The second-order valence-corrected chi connectivity index (χ2v) is 6.45. The summed E-state index contributed by atoms with van der Waals surface area (Å²) in [5, 5.41) is 2.86. The maximum atomic E-state index is 13.1. The maximum absolute atomic E-state index is 13.1. The summed E-state index contributed by atoms with van der Waals surface area (Å²) in [5.41, 5.74) is 4.76.